The predicted octanol–water partition coefficient (Wildman–Crippen LogP) is 5.81. The van der Waals surface area contributed by atoms with Crippen LogP contribution in [0.2, 0.25) is 0 Å². The van der Waals surface area contributed by atoms with Crippen molar-refractivity contribution in [2.45, 2.75) is 116 Å². The lowest BCUT2D eigenvalue weighted by Crippen LogP contribution is -2.28. The number of amidine groups is 1. The number of aliphatic hydroxyl groups excluding tert-OH is 1. The molecule has 158 valence electrons. The lowest BCUT2D eigenvalue weighted by molar-refractivity contribution is -0.558. The summed E-state index contributed by atoms with van der Waals surface area (Å²) in [6.07, 6.45) is 24.7. The van der Waals surface area contributed by atoms with Gasteiger partial charge in [0.05, 0.1) is 6.61 Å². The van der Waals surface area contributed by atoms with E-state index in [2.05, 4.69) is 35.9 Å². The van der Waals surface area contributed by atoms with Gasteiger partial charge in [-0.05, 0) is 38.5 Å². The van der Waals surface area contributed by atoms with Crippen LogP contribution in [0.4, 0.5) is 0 Å². The maximum absolute atomic E-state index is 9.27. The zero-order chi connectivity index (χ0) is 19.6. The summed E-state index contributed by atoms with van der Waals surface area (Å²) in [6.45, 7) is 6.61. The summed E-state index contributed by atoms with van der Waals surface area (Å²) in [5, 5.41) is 12.8. The molecule has 1 aliphatic heterocycles. The van der Waals surface area contributed by atoms with Crippen LogP contribution in [0, 0.1) is 0 Å². The van der Waals surface area contributed by atoms with Gasteiger partial charge in [-0.15, -0.1) is 0 Å². The van der Waals surface area contributed by atoms with Gasteiger partial charge >= 0.3 is 0 Å². The van der Waals surface area contributed by atoms with Crippen LogP contribution in [0.5, 0.6) is 0 Å². The molecule has 0 saturated heterocycles. The van der Waals surface area contributed by atoms with Crippen molar-refractivity contribution in [3.8, 4) is 0 Å². The Hall–Kier alpha value is -0.830. The minimum absolute atomic E-state index is 0.258. The second-order valence-corrected chi connectivity index (χ2v) is 8.14. The first-order valence-electron chi connectivity index (χ1n) is 12.0. The Bertz CT molecular complexity index is 403. The van der Waals surface area contributed by atoms with Crippen LogP contribution in [-0.2, 0) is 0 Å². The quantitative estimate of drug-likeness (QED) is 0.179. The Morgan fingerprint density at radius 3 is 2.07 bits per heavy atom. The van der Waals surface area contributed by atoms with Gasteiger partial charge in [0, 0.05) is 6.42 Å². The van der Waals surface area contributed by atoms with Crippen molar-refractivity contribution in [3.05, 3.63) is 12.2 Å². The van der Waals surface area contributed by atoms with Gasteiger partial charge < -0.3 is 5.11 Å². The molecular formula is C24H47N2O+. The van der Waals surface area contributed by atoms with Crippen LogP contribution in [-0.4, -0.2) is 41.3 Å². The molecule has 0 bridgehead atoms. The summed E-state index contributed by atoms with van der Waals surface area (Å²) in [5.41, 5.74) is 0. The average Bonchev–Trinajstić information content (AvgIpc) is 3.07. The Balaban J connectivity index is 1.94. The zero-order valence-electron chi connectivity index (χ0n) is 18.4. The molecule has 0 aromatic carbocycles. The maximum Gasteiger partial charge on any atom is 0.245 e. The normalized spacial score (nSPS) is 17.2. The molecule has 1 atom stereocenters. The number of nitrogens with zero attached hydrogens (tertiary/aromatic N) is 1. The molecule has 0 aromatic heterocycles. The highest BCUT2D eigenvalue weighted by Crippen LogP contribution is 2.12. The lowest BCUT2D eigenvalue weighted by Gasteiger charge is -2.09. The fraction of sp³-hybridized carbons (Fsp3) is 0.875. The molecule has 1 heterocycles. The van der Waals surface area contributed by atoms with Crippen molar-refractivity contribution in [2.75, 3.05) is 19.7 Å². The van der Waals surface area contributed by atoms with Gasteiger partial charge in [0.25, 0.3) is 0 Å². The minimum atomic E-state index is 0.258. The van der Waals surface area contributed by atoms with Crippen molar-refractivity contribution >= 4 is 5.84 Å². The highest BCUT2D eigenvalue weighted by atomic mass is 16.3. The fourth-order valence-corrected chi connectivity index (χ4v) is 4.05. The van der Waals surface area contributed by atoms with Gasteiger partial charge in [-0.1, -0.05) is 77.4 Å². The molecule has 3 heteroatoms. The van der Waals surface area contributed by atoms with Crippen molar-refractivity contribution < 1.29 is 9.68 Å². The van der Waals surface area contributed by atoms with E-state index in [1.54, 1.807) is 0 Å². The van der Waals surface area contributed by atoms with E-state index in [1.807, 2.05) is 0 Å². The van der Waals surface area contributed by atoms with Crippen molar-refractivity contribution in [3.63, 3.8) is 0 Å². The van der Waals surface area contributed by atoms with E-state index >= 15 is 0 Å². The highest BCUT2D eigenvalue weighted by Gasteiger charge is 2.28. The van der Waals surface area contributed by atoms with E-state index < -0.39 is 0 Å². The number of hydrogen-bond acceptors (Lipinski definition) is 2. The topological polar surface area (TPSA) is 35.3 Å². The average molecular weight is 380 g/mol. The SMILES string of the molecule is CCCCCCCCC=CCCCCCCCC1=[N+](CCO)C(CC)CN1. The second kappa shape index (κ2) is 17.3. The highest BCUT2D eigenvalue weighted by molar-refractivity contribution is 5.78. The number of unbranched alkanes of at least 4 members (excludes halogenated alkanes) is 11. The van der Waals surface area contributed by atoms with Gasteiger partial charge in [0.15, 0.2) is 0 Å². The van der Waals surface area contributed by atoms with E-state index in [-0.39, 0.29) is 6.61 Å². The molecule has 27 heavy (non-hydrogen) atoms. The number of allylic oxidation sites excluding steroid dienone is 2. The number of rotatable bonds is 18. The molecular weight excluding hydrogens is 332 g/mol. The number of hydrogen-bond donors (Lipinski definition) is 2. The third kappa shape index (κ3) is 11.6. The molecule has 1 unspecified atom stereocenters. The standard InChI is InChI=1S/C24H46N2O/c1-3-5-6-7-8-9-10-11-12-13-14-15-16-17-18-19-24-25-22-23(4-2)26(24)20-21-27/h11-12,23,27H,3-10,13-22H2,1-2H3/p+1. The van der Waals surface area contributed by atoms with Crippen LogP contribution in [0.1, 0.15) is 110 Å². The van der Waals surface area contributed by atoms with Crippen LogP contribution in [0.3, 0.4) is 0 Å². The first kappa shape index (κ1) is 24.2. The van der Waals surface area contributed by atoms with Crippen LogP contribution >= 0.6 is 0 Å². The Morgan fingerprint density at radius 1 is 0.889 bits per heavy atom. The molecule has 3 nitrogen and oxygen atoms in total. The van der Waals surface area contributed by atoms with Gasteiger partial charge in [-0.3, -0.25) is 9.89 Å². The third-order valence-electron chi connectivity index (χ3n) is 5.82. The second-order valence-electron chi connectivity index (χ2n) is 8.14. The van der Waals surface area contributed by atoms with E-state index in [9.17, 15) is 5.11 Å². The summed E-state index contributed by atoms with van der Waals surface area (Å²) in [5.74, 6) is 1.37. The minimum Gasteiger partial charge on any atom is -0.392 e. The van der Waals surface area contributed by atoms with Gasteiger partial charge in [-0.2, -0.15) is 0 Å². The summed E-state index contributed by atoms with van der Waals surface area (Å²) >= 11 is 0. The van der Waals surface area contributed by atoms with Crippen LogP contribution in [0.25, 0.3) is 0 Å². The third-order valence-corrected chi connectivity index (χ3v) is 5.82. The number of β-amino-alcohol motifs (C(OH)–C–C–N with tert-alkyl or cyclic N) is 1. The summed E-state index contributed by atoms with van der Waals surface area (Å²) in [6, 6.07) is 0.579. The van der Waals surface area contributed by atoms with Gasteiger partial charge in [0.1, 0.15) is 19.1 Å². The number of aliphatic hydroxyl groups is 1. The van der Waals surface area contributed by atoms with Crippen LogP contribution in [0.15, 0.2) is 12.2 Å². The number of nitrogens with one attached hydrogen (secondary N) is 1. The van der Waals surface area contributed by atoms with E-state index in [0.29, 0.717) is 6.04 Å². The summed E-state index contributed by atoms with van der Waals surface area (Å²) in [4.78, 5) is 0. The molecule has 0 amide bonds. The summed E-state index contributed by atoms with van der Waals surface area (Å²) < 4.78 is 2.40. The molecule has 1 rings (SSSR count). The van der Waals surface area contributed by atoms with E-state index in [0.717, 1.165) is 25.9 Å². The molecule has 2 N–H and O–H groups in total. The predicted molar refractivity (Wildman–Crippen MR) is 119 cm³/mol. The summed E-state index contributed by atoms with van der Waals surface area (Å²) in [7, 11) is 0. The maximum atomic E-state index is 9.27. The van der Waals surface area contributed by atoms with Crippen LogP contribution < -0.4 is 5.32 Å². The van der Waals surface area contributed by atoms with E-state index in [1.165, 1.54) is 89.3 Å². The molecule has 0 aromatic rings. The van der Waals surface area contributed by atoms with E-state index in [4.69, 9.17) is 0 Å². The molecule has 0 fully saturated rings. The molecule has 0 radical (unpaired) electrons. The Kier molecular flexibility index (Phi) is 15.5. The molecule has 0 saturated carbocycles. The van der Waals surface area contributed by atoms with Crippen molar-refractivity contribution in [1.82, 2.24) is 5.32 Å². The lowest BCUT2D eigenvalue weighted by atomic mass is 10.1. The fourth-order valence-electron chi connectivity index (χ4n) is 4.05. The van der Waals surface area contributed by atoms with Gasteiger partial charge in [0.2, 0.25) is 5.84 Å². The van der Waals surface area contributed by atoms with Crippen molar-refractivity contribution in [2.24, 2.45) is 0 Å². The largest absolute Gasteiger partial charge is 0.392 e. The first-order valence-corrected chi connectivity index (χ1v) is 12.0. The zero-order valence-corrected chi connectivity index (χ0v) is 18.4. The monoisotopic (exact) mass is 379 g/mol. The Morgan fingerprint density at radius 2 is 1.48 bits per heavy atom. The molecule has 0 aliphatic carbocycles. The van der Waals surface area contributed by atoms with Crippen molar-refractivity contribution in [1.29, 1.82) is 0 Å². The van der Waals surface area contributed by atoms with Gasteiger partial charge in [-0.25, -0.2) is 0 Å². The smallest absolute Gasteiger partial charge is 0.245 e. The molecule has 0 spiro atoms. The first-order chi connectivity index (χ1) is 13.3. The molecule has 1 aliphatic rings. The Labute approximate surface area is 169 Å².